The first-order valence-corrected chi connectivity index (χ1v) is 8.20. The minimum Gasteiger partial charge on any atom is -0.334 e. The van der Waals surface area contributed by atoms with E-state index in [0.717, 1.165) is 31.6 Å². The Hall–Kier alpha value is -2.89. The number of carbonyl (C=O) groups is 1. The molecule has 6 nitrogen and oxygen atoms in total. The predicted molar refractivity (Wildman–Crippen MR) is 89.8 cm³/mol. The van der Waals surface area contributed by atoms with E-state index in [-0.39, 0.29) is 11.9 Å². The van der Waals surface area contributed by atoms with Gasteiger partial charge < -0.3 is 4.90 Å². The molecule has 4 rings (SSSR count). The van der Waals surface area contributed by atoms with Crippen LogP contribution in [0.4, 0.5) is 0 Å². The van der Waals surface area contributed by atoms with Crippen LogP contribution in [0.25, 0.3) is 5.69 Å². The fraction of sp³-hybridized carbons (Fsp3) is 0.278. The second-order valence-corrected chi connectivity index (χ2v) is 5.99. The van der Waals surface area contributed by atoms with Crippen molar-refractivity contribution in [1.82, 2.24) is 24.5 Å². The van der Waals surface area contributed by atoms with E-state index in [9.17, 15) is 4.79 Å². The molecule has 3 heterocycles. The van der Waals surface area contributed by atoms with Crippen LogP contribution in [-0.2, 0) is 6.54 Å². The van der Waals surface area contributed by atoms with Crippen LogP contribution in [0.1, 0.15) is 23.2 Å². The molecule has 1 saturated heterocycles. The molecule has 1 unspecified atom stereocenters. The quantitative estimate of drug-likeness (QED) is 0.741. The first-order valence-electron chi connectivity index (χ1n) is 8.20. The van der Waals surface area contributed by atoms with Crippen LogP contribution in [0.5, 0.6) is 0 Å². The molecule has 1 aliphatic heterocycles. The van der Waals surface area contributed by atoms with E-state index in [1.807, 2.05) is 58.4 Å². The summed E-state index contributed by atoms with van der Waals surface area (Å²) in [6.07, 6.45) is 9.33. The van der Waals surface area contributed by atoms with Crippen LogP contribution >= 0.6 is 0 Å². The number of amides is 1. The molecule has 1 atom stereocenters. The molecule has 0 saturated carbocycles. The molecule has 6 heteroatoms. The van der Waals surface area contributed by atoms with Gasteiger partial charge in [0.1, 0.15) is 0 Å². The van der Waals surface area contributed by atoms with Gasteiger partial charge in [0.05, 0.1) is 23.8 Å². The number of likely N-dealkylation sites (tertiary alicyclic amines) is 1. The van der Waals surface area contributed by atoms with Gasteiger partial charge in [0.15, 0.2) is 0 Å². The van der Waals surface area contributed by atoms with Crippen LogP contribution in [0, 0.1) is 0 Å². The van der Waals surface area contributed by atoms with Gasteiger partial charge in [0.2, 0.25) is 0 Å². The molecule has 122 valence electrons. The topological polar surface area (TPSA) is 56.0 Å². The molecule has 1 amide bonds. The van der Waals surface area contributed by atoms with E-state index in [1.165, 1.54) is 0 Å². The van der Waals surface area contributed by atoms with Gasteiger partial charge in [-0.1, -0.05) is 12.1 Å². The van der Waals surface area contributed by atoms with Gasteiger partial charge in [-0.3, -0.25) is 9.48 Å². The van der Waals surface area contributed by atoms with Gasteiger partial charge in [-0.15, -0.1) is 0 Å². The zero-order valence-corrected chi connectivity index (χ0v) is 13.3. The lowest BCUT2D eigenvalue weighted by molar-refractivity contribution is 0.0721. The summed E-state index contributed by atoms with van der Waals surface area (Å²) in [6, 6.07) is 11.6. The van der Waals surface area contributed by atoms with Crippen molar-refractivity contribution >= 4 is 5.91 Å². The molecule has 0 N–H and O–H groups in total. The van der Waals surface area contributed by atoms with Crippen LogP contribution in [0.3, 0.4) is 0 Å². The van der Waals surface area contributed by atoms with Crippen molar-refractivity contribution in [2.45, 2.75) is 25.4 Å². The van der Waals surface area contributed by atoms with Gasteiger partial charge >= 0.3 is 0 Å². The highest BCUT2D eigenvalue weighted by Crippen LogP contribution is 2.24. The van der Waals surface area contributed by atoms with Crippen LogP contribution in [0.15, 0.2) is 61.2 Å². The monoisotopic (exact) mass is 321 g/mol. The molecule has 1 fully saturated rings. The predicted octanol–water partition coefficient (Wildman–Crippen LogP) is 2.37. The Kier molecular flexibility index (Phi) is 3.86. The van der Waals surface area contributed by atoms with Crippen LogP contribution in [-0.4, -0.2) is 43.0 Å². The lowest BCUT2D eigenvalue weighted by Crippen LogP contribution is -2.38. The Labute approximate surface area is 140 Å². The summed E-state index contributed by atoms with van der Waals surface area (Å²) in [5, 5.41) is 8.54. The number of para-hydroxylation sites is 1. The molecule has 1 aliphatic rings. The summed E-state index contributed by atoms with van der Waals surface area (Å²) in [5.41, 5.74) is 1.51. The average molecular weight is 321 g/mol. The number of carbonyl (C=O) groups excluding carboxylic acids is 1. The number of nitrogens with zero attached hydrogens (tertiary/aromatic N) is 5. The van der Waals surface area contributed by atoms with E-state index in [2.05, 4.69) is 10.2 Å². The minimum atomic E-state index is 0.0655. The number of hydrogen-bond donors (Lipinski definition) is 0. The third kappa shape index (κ3) is 2.71. The molecule has 0 radical (unpaired) electrons. The van der Waals surface area contributed by atoms with Crippen molar-refractivity contribution < 1.29 is 4.79 Å². The van der Waals surface area contributed by atoms with Crippen LogP contribution in [0.2, 0.25) is 0 Å². The Bertz CT molecular complexity index is 810. The molecule has 2 aromatic heterocycles. The van der Waals surface area contributed by atoms with Crippen LogP contribution < -0.4 is 0 Å². The second kappa shape index (κ2) is 6.31. The standard InChI is InChI=1S/C18H19N5O/c24-18(16-7-1-2-8-17(16)23-13-5-10-20-23)22-12-3-6-15(22)14-21-11-4-9-19-21/h1-2,4-5,7-11,13,15H,3,6,12,14H2. The second-order valence-electron chi connectivity index (χ2n) is 5.99. The minimum absolute atomic E-state index is 0.0655. The van der Waals surface area contributed by atoms with Gasteiger partial charge in [0.25, 0.3) is 5.91 Å². The Morgan fingerprint density at radius 2 is 1.92 bits per heavy atom. The van der Waals surface area contributed by atoms with E-state index < -0.39 is 0 Å². The summed E-state index contributed by atoms with van der Waals surface area (Å²) in [6.45, 7) is 1.53. The average Bonchev–Trinajstić information content (AvgIpc) is 3.37. The van der Waals surface area contributed by atoms with Crippen molar-refractivity contribution in [3.63, 3.8) is 0 Å². The summed E-state index contributed by atoms with van der Waals surface area (Å²) in [7, 11) is 0. The third-order valence-electron chi connectivity index (χ3n) is 4.48. The molecule has 1 aromatic carbocycles. The van der Waals surface area contributed by atoms with E-state index in [4.69, 9.17) is 0 Å². The fourth-order valence-corrected chi connectivity index (χ4v) is 3.34. The Morgan fingerprint density at radius 3 is 2.71 bits per heavy atom. The number of hydrogen-bond acceptors (Lipinski definition) is 3. The maximum absolute atomic E-state index is 13.2. The first kappa shape index (κ1) is 14.7. The number of rotatable bonds is 4. The van der Waals surface area contributed by atoms with Crippen molar-refractivity contribution in [2.24, 2.45) is 0 Å². The largest absolute Gasteiger partial charge is 0.334 e. The highest BCUT2D eigenvalue weighted by Gasteiger charge is 2.31. The summed E-state index contributed by atoms with van der Waals surface area (Å²) >= 11 is 0. The maximum Gasteiger partial charge on any atom is 0.256 e. The first-order chi connectivity index (χ1) is 11.8. The summed E-state index contributed by atoms with van der Waals surface area (Å²) < 4.78 is 3.64. The van der Waals surface area contributed by atoms with E-state index in [1.54, 1.807) is 17.1 Å². The zero-order chi connectivity index (χ0) is 16.4. The van der Waals surface area contributed by atoms with E-state index in [0.29, 0.717) is 5.56 Å². The van der Waals surface area contributed by atoms with Crippen molar-refractivity contribution in [3.8, 4) is 5.69 Å². The molecule has 0 spiro atoms. The lowest BCUT2D eigenvalue weighted by Gasteiger charge is -2.25. The SMILES string of the molecule is O=C(c1ccccc1-n1cccn1)N1CCCC1Cn1cccn1. The smallest absolute Gasteiger partial charge is 0.256 e. The maximum atomic E-state index is 13.2. The number of aromatic nitrogens is 4. The Morgan fingerprint density at radius 1 is 1.08 bits per heavy atom. The van der Waals surface area contributed by atoms with Crippen molar-refractivity contribution in [1.29, 1.82) is 0 Å². The molecular formula is C18H19N5O. The third-order valence-corrected chi connectivity index (χ3v) is 4.48. The van der Waals surface area contributed by atoms with Gasteiger partial charge in [-0.25, -0.2) is 4.68 Å². The van der Waals surface area contributed by atoms with Crippen molar-refractivity contribution in [3.05, 3.63) is 66.7 Å². The van der Waals surface area contributed by atoms with Gasteiger partial charge in [-0.2, -0.15) is 10.2 Å². The highest BCUT2D eigenvalue weighted by molar-refractivity contribution is 5.98. The summed E-state index contributed by atoms with van der Waals surface area (Å²) in [5.74, 6) is 0.0655. The number of benzene rings is 1. The summed E-state index contributed by atoms with van der Waals surface area (Å²) in [4.78, 5) is 15.1. The molecular weight excluding hydrogens is 302 g/mol. The molecule has 0 aliphatic carbocycles. The van der Waals surface area contributed by atoms with Gasteiger partial charge in [0, 0.05) is 31.3 Å². The fourth-order valence-electron chi connectivity index (χ4n) is 3.34. The van der Waals surface area contributed by atoms with E-state index >= 15 is 0 Å². The highest BCUT2D eigenvalue weighted by atomic mass is 16.2. The molecule has 24 heavy (non-hydrogen) atoms. The lowest BCUT2D eigenvalue weighted by atomic mass is 10.1. The van der Waals surface area contributed by atoms with Crippen molar-refractivity contribution in [2.75, 3.05) is 6.54 Å². The molecule has 0 bridgehead atoms. The van der Waals surface area contributed by atoms with Gasteiger partial charge in [-0.05, 0) is 37.1 Å². The Balaban J connectivity index is 1.61. The normalized spacial score (nSPS) is 17.3. The zero-order valence-electron chi connectivity index (χ0n) is 13.3. The molecule has 3 aromatic rings.